The number of ether oxygens (including phenoxy) is 1. The first-order valence-corrected chi connectivity index (χ1v) is 6.86. The van der Waals surface area contributed by atoms with E-state index in [9.17, 15) is 14.9 Å². The average Bonchev–Trinajstić information content (AvgIpc) is 2.40. The van der Waals surface area contributed by atoms with Crippen LogP contribution in [0.25, 0.3) is 0 Å². The van der Waals surface area contributed by atoms with Crippen LogP contribution in [-0.2, 0) is 4.74 Å². The summed E-state index contributed by atoms with van der Waals surface area (Å²) in [5.74, 6) is 1.34. The van der Waals surface area contributed by atoms with Gasteiger partial charge in [0.15, 0.2) is 0 Å². The van der Waals surface area contributed by atoms with Crippen LogP contribution in [0.1, 0.15) is 23.2 Å². The van der Waals surface area contributed by atoms with Crippen LogP contribution in [-0.4, -0.2) is 28.5 Å². The van der Waals surface area contributed by atoms with Crippen molar-refractivity contribution in [1.82, 2.24) is 0 Å². The second kappa shape index (κ2) is 5.86. The maximum atomic E-state index is 11.9. The smallest absolute Gasteiger partial charge is 0.345 e. The Bertz CT molecular complexity index is 457. The Labute approximate surface area is 109 Å². The highest BCUT2D eigenvalue weighted by molar-refractivity contribution is 7.99. The van der Waals surface area contributed by atoms with Gasteiger partial charge < -0.3 is 4.74 Å². The summed E-state index contributed by atoms with van der Waals surface area (Å²) in [5.41, 5.74) is -0.173. The Kier molecular flexibility index (Phi) is 4.19. The predicted octanol–water partition coefficient (Wildman–Crippen LogP) is 2.65. The van der Waals surface area contributed by atoms with E-state index >= 15 is 0 Å². The van der Waals surface area contributed by atoms with Crippen molar-refractivity contribution in [2.24, 2.45) is 0 Å². The number of esters is 1. The molecular formula is C12H13NO4S. The molecule has 0 unspecified atom stereocenters. The Morgan fingerprint density at radius 2 is 2.00 bits per heavy atom. The lowest BCUT2D eigenvalue weighted by atomic mass is 10.1. The molecule has 96 valence electrons. The summed E-state index contributed by atoms with van der Waals surface area (Å²) in [5, 5.41) is 10.8. The van der Waals surface area contributed by atoms with E-state index in [2.05, 4.69) is 0 Å². The summed E-state index contributed by atoms with van der Waals surface area (Å²) >= 11 is 1.83. The number of benzene rings is 1. The zero-order valence-corrected chi connectivity index (χ0v) is 10.5. The molecule has 0 atom stereocenters. The molecule has 18 heavy (non-hydrogen) atoms. The van der Waals surface area contributed by atoms with Crippen molar-refractivity contribution in [3.05, 3.63) is 39.9 Å². The molecule has 0 N–H and O–H groups in total. The van der Waals surface area contributed by atoms with Crippen LogP contribution < -0.4 is 0 Å². The van der Waals surface area contributed by atoms with Crippen LogP contribution in [0.15, 0.2) is 24.3 Å². The van der Waals surface area contributed by atoms with Gasteiger partial charge in [-0.05, 0) is 30.4 Å². The third-order valence-electron chi connectivity index (χ3n) is 2.76. The molecule has 0 saturated carbocycles. The SMILES string of the molecule is O=C(OC1CCSCC1)c1ccccc1[N+](=O)[O-]. The van der Waals surface area contributed by atoms with Gasteiger partial charge in [0, 0.05) is 6.07 Å². The molecule has 0 aliphatic carbocycles. The van der Waals surface area contributed by atoms with Gasteiger partial charge >= 0.3 is 5.97 Å². The summed E-state index contributed by atoms with van der Waals surface area (Å²) < 4.78 is 5.31. The molecule has 0 radical (unpaired) electrons. The number of nitro groups is 1. The molecular weight excluding hydrogens is 254 g/mol. The first kappa shape index (κ1) is 12.9. The Morgan fingerprint density at radius 1 is 1.33 bits per heavy atom. The number of carbonyl (C=O) groups excluding carboxylic acids is 1. The minimum Gasteiger partial charge on any atom is -0.459 e. The molecule has 1 aliphatic heterocycles. The number of thioether (sulfide) groups is 1. The summed E-state index contributed by atoms with van der Waals surface area (Å²) in [6, 6.07) is 5.87. The van der Waals surface area contributed by atoms with Crippen molar-refractivity contribution in [3.8, 4) is 0 Å². The molecule has 0 spiro atoms. The van der Waals surface area contributed by atoms with E-state index in [1.807, 2.05) is 11.8 Å². The van der Waals surface area contributed by atoms with E-state index in [-0.39, 0.29) is 17.4 Å². The van der Waals surface area contributed by atoms with Gasteiger partial charge in [-0.3, -0.25) is 10.1 Å². The fourth-order valence-electron chi connectivity index (χ4n) is 1.81. The highest BCUT2D eigenvalue weighted by Crippen LogP contribution is 2.23. The van der Waals surface area contributed by atoms with Crippen molar-refractivity contribution in [2.75, 3.05) is 11.5 Å². The number of hydrogen-bond acceptors (Lipinski definition) is 5. The number of nitro benzene ring substituents is 1. The number of rotatable bonds is 3. The molecule has 6 heteroatoms. The number of carbonyl (C=O) groups is 1. The van der Waals surface area contributed by atoms with E-state index in [0.29, 0.717) is 0 Å². The number of nitrogens with zero attached hydrogens (tertiary/aromatic N) is 1. The highest BCUT2D eigenvalue weighted by Gasteiger charge is 2.24. The molecule has 1 aliphatic rings. The Balaban J connectivity index is 2.10. The van der Waals surface area contributed by atoms with Crippen molar-refractivity contribution in [3.63, 3.8) is 0 Å². The van der Waals surface area contributed by atoms with Gasteiger partial charge in [-0.15, -0.1) is 0 Å². The number of hydrogen-bond donors (Lipinski definition) is 0. The first-order valence-electron chi connectivity index (χ1n) is 5.70. The third kappa shape index (κ3) is 3.01. The summed E-state index contributed by atoms with van der Waals surface area (Å²) in [4.78, 5) is 22.2. The third-order valence-corrected chi connectivity index (χ3v) is 3.81. The Morgan fingerprint density at radius 3 is 2.67 bits per heavy atom. The van der Waals surface area contributed by atoms with E-state index in [1.54, 1.807) is 6.07 Å². The standard InChI is InChI=1S/C12H13NO4S/c14-12(17-9-5-7-18-8-6-9)10-3-1-2-4-11(10)13(15)16/h1-4,9H,5-8H2. The first-order chi connectivity index (χ1) is 8.68. The normalized spacial score (nSPS) is 16.2. The highest BCUT2D eigenvalue weighted by atomic mass is 32.2. The van der Waals surface area contributed by atoms with Gasteiger partial charge in [0.1, 0.15) is 11.7 Å². The quantitative estimate of drug-likeness (QED) is 0.478. The van der Waals surface area contributed by atoms with Gasteiger partial charge in [0.25, 0.3) is 5.69 Å². The lowest BCUT2D eigenvalue weighted by molar-refractivity contribution is -0.385. The molecule has 2 rings (SSSR count). The lowest BCUT2D eigenvalue weighted by Gasteiger charge is -2.21. The molecule has 5 nitrogen and oxygen atoms in total. The van der Waals surface area contributed by atoms with Crippen LogP contribution in [0.2, 0.25) is 0 Å². The molecule has 1 saturated heterocycles. The molecule has 1 aromatic rings. The van der Waals surface area contributed by atoms with E-state index in [4.69, 9.17) is 4.74 Å². The predicted molar refractivity (Wildman–Crippen MR) is 68.9 cm³/mol. The van der Waals surface area contributed by atoms with Crippen molar-refractivity contribution < 1.29 is 14.5 Å². The van der Waals surface area contributed by atoms with Gasteiger partial charge in [-0.25, -0.2) is 4.79 Å². The van der Waals surface area contributed by atoms with Gasteiger partial charge in [-0.1, -0.05) is 12.1 Å². The number of para-hydroxylation sites is 1. The average molecular weight is 267 g/mol. The fourth-order valence-corrected chi connectivity index (χ4v) is 2.88. The van der Waals surface area contributed by atoms with E-state index in [1.165, 1.54) is 18.2 Å². The minimum absolute atomic E-state index is 0.0285. The molecule has 1 fully saturated rings. The van der Waals surface area contributed by atoms with Crippen molar-refractivity contribution in [1.29, 1.82) is 0 Å². The second-order valence-electron chi connectivity index (χ2n) is 3.99. The maximum Gasteiger partial charge on any atom is 0.345 e. The van der Waals surface area contributed by atoms with E-state index < -0.39 is 10.9 Å². The zero-order valence-electron chi connectivity index (χ0n) is 9.70. The van der Waals surface area contributed by atoms with Crippen LogP contribution in [0, 0.1) is 10.1 Å². The van der Waals surface area contributed by atoms with Crippen LogP contribution in [0.3, 0.4) is 0 Å². The lowest BCUT2D eigenvalue weighted by Crippen LogP contribution is -2.23. The molecule has 1 heterocycles. The zero-order chi connectivity index (χ0) is 13.0. The monoisotopic (exact) mass is 267 g/mol. The summed E-state index contributed by atoms with van der Waals surface area (Å²) in [7, 11) is 0. The van der Waals surface area contributed by atoms with Gasteiger partial charge in [0.2, 0.25) is 0 Å². The molecule has 0 bridgehead atoms. The van der Waals surface area contributed by atoms with Crippen LogP contribution in [0.5, 0.6) is 0 Å². The molecule has 1 aromatic carbocycles. The Hall–Kier alpha value is -1.56. The molecule has 0 aromatic heterocycles. The second-order valence-corrected chi connectivity index (χ2v) is 5.22. The van der Waals surface area contributed by atoms with Gasteiger partial charge in [0.05, 0.1) is 4.92 Å². The van der Waals surface area contributed by atoms with E-state index in [0.717, 1.165) is 24.3 Å². The van der Waals surface area contributed by atoms with Crippen molar-refractivity contribution >= 4 is 23.4 Å². The van der Waals surface area contributed by atoms with Crippen LogP contribution >= 0.6 is 11.8 Å². The fraction of sp³-hybridized carbons (Fsp3) is 0.417. The summed E-state index contributed by atoms with van der Waals surface area (Å²) in [6.07, 6.45) is 1.52. The largest absolute Gasteiger partial charge is 0.459 e. The minimum atomic E-state index is -0.598. The van der Waals surface area contributed by atoms with Crippen LogP contribution in [0.4, 0.5) is 5.69 Å². The maximum absolute atomic E-state index is 11.9. The van der Waals surface area contributed by atoms with Crippen molar-refractivity contribution in [2.45, 2.75) is 18.9 Å². The van der Waals surface area contributed by atoms with Gasteiger partial charge in [-0.2, -0.15) is 11.8 Å². The summed E-state index contributed by atoms with van der Waals surface area (Å²) in [6.45, 7) is 0. The molecule has 0 amide bonds. The topological polar surface area (TPSA) is 69.4 Å².